The molecule has 0 saturated carbocycles. The highest BCUT2D eigenvalue weighted by Gasteiger charge is 2.15. The molecule has 4 nitrogen and oxygen atoms in total. The summed E-state index contributed by atoms with van der Waals surface area (Å²) in [5.74, 6) is 0.587. The first-order chi connectivity index (χ1) is 8.75. The Labute approximate surface area is 104 Å². The van der Waals surface area contributed by atoms with Crippen LogP contribution in [0.3, 0.4) is 0 Å². The molecule has 2 heterocycles. The van der Waals surface area contributed by atoms with Crippen LogP contribution in [0.2, 0.25) is 0 Å². The highest BCUT2D eigenvalue weighted by Crippen LogP contribution is 2.26. The van der Waals surface area contributed by atoms with E-state index in [1.807, 2.05) is 0 Å². The molecule has 0 atom stereocenters. The van der Waals surface area contributed by atoms with Gasteiger partial charge >= 0.3 is 0 Å². The molecule has 0 spiro atoms. The summed E-state index contributed by atoms with van der Waals surface area (Å²) in [6.07, 6.45) is 3.48. The van der Waals surface area contributed by atoms with E-state index in [0.29, 0.717) is 11.5 Å². The molecule has 0 unspecified atom stereocenters. The quantitative estimate of drug-likeness (QED) is 0.838. The third-order valence-corrected chi connectivity index (χ3v) is 3.39. The van der Waals surface area contributed by atoms with Crippen molar-refractivity contribution in [3.05, 3.63) is 34.5 Å². The summed E-state index contributed by atoms with van der Waals surface area (Å²) >= 11 is 0. The zero-order valence-corrected chi connectivity index (χ0v) is 10.1. The number of hydrogen-bond acceptors (Lipinski definition) is 4. The lowest BCUT2D eigenvalue weighted by molar-refractivity contribution is 0.478. The maximum absolute atomic E-state index is 12.0. The van der Waals surface area contributed by atoms with E-state index < -0.39 is 0 Å². The molecular weight excluding hydrogens is 230 g/mol. The molecular formula is C14H15NO3. The van der Waals surface area contributed by atoms with Crippen LogP contribution in [0.1, 0.15) is 19.3 Å². The zero-order chi connectivity index (χ0) is 12.5. The van der Waals surface area contributed by atoms with Gasteiger partial charge in [-0.05, 0) is 31.4 Å². The third kappa shape index (κ3) is 1.83. The van der Waals surface area contributed by atoms with Crippen molar-refractivity contribution in [2.75, 3.05) is 18.0 Å². The average Bonchev–Trinajstić information content (AvgIpc) is 2.39. The van der Waals surface area contributed by atoms with Crippen LogP contribution in [-0.4, -0.2) is 18.2 Å². The lowest BCUT2D eigenvalue weighted by Crippen LogP contribution is -2.30. The van der Waals surface area contributed by atoms with Gasteiger partial charge in [0.1, 0.15) is 16.7 Å². The van der Waals surface area contributed by atoms with Gasteiger partial charge in [-0.3, -0.25) is 4.79 Å². The Morgan fingerprint density at radius 1 is 1.17 bits per heavy atom. The van der Waals surface area contributed by atoms with E-state index in [2.05, 4.69) is 4.90 Å². The molecule has 94 valence electrons. The maximum atomic E-state index is 12.0. The zero-order valence-electron chi connectivity index (χ0n) is 10.1. The van der Waals surface area contributed by atoms with Crippen molar-refractivity contribution in [2.45, 2.75) is 19.3 Å². The molecule has 0 amide bonds. The van der Waals surface area contributed by atoms with Gasteiger partial charge in [0, 0.05) is 19.2 Å². The first-order valence-corrected chi connectivity index (χ1v) is 6.26. The number of hydrogen-bond donors (Lipinski definition) is 1. The first-order valence-electron chi connectivity index (χ1n) is 6.26. The highest BCUT2D eigenvalue weighted by molar-refractivity contribution is 5.83. The normalized spacial score (nSPS) is 16.1. The van der Waals surface area contributed by atoms with Crippen molar-refractivity contribution in [2.24, 2.45) is 0 Å². The van der Waals surface area contributed by atoms with E-state index in [0.717, 1.165) is 25.9 Å². The van der Waals surface area contributed by atoms with Crippen molar-refractivity contribution >= 4 is 16.9 Å². The number of piperidine rings is 1. The summed E-state index contributed by atoms with van der Waals surface area (Å²) in [5, 5.41) is 9.94. The summed E-state index contributed by atoms with van der Waals surface area (Å²) in [4.78, 5) is 14.1. The number of fused-ring (bicyclic) bond motifs is 1. The lowest BCUT2D eigenvalue weighted by Gasteiger charge is -2.27. The molecule has 1 aliphatic heterocycles. The van der Waals surface area contributed by atoms with Crippen LogP contribution < -0.4 is 10.3 Å². The van der Waals surface area contributed by atoms with Gasteiger partial charge in [0.15, 0.2) is 11.3 Å². The maximum Gasteiger partial charge on any atom is 0.199 e. The fraction of sp³-hybridized carbons (Fsp3) is 0.357. The fourth-order valence-electron chi connectivity index (χ4n) is 2.45. The van der Waals surface area contributed by atoms with E-state index in [1.165, 1.54) is 18.6 Å². The van der Waals surface area contributed by atoms with E-state index in [1.54, 1.807) is 12.1 Å². The summed E-state index contributed by atoms with van der Waals surface area (Å²) in [6, 6.07) is 6.37. The molecule has 1 fully saturated rings. The molecule has 2 aromatic rings. The van der Waals surface area contributed by atoms with Crippen LogP contribution >= 0.6 is 0 Å². The largest absolute Gasteiger partial charge is 0.507 e. The van der Waals surface area contributed by atoms with Crippen LogP contribution in [0.4, 0.5) is 5.88 Å². The van der Waals surface area contributed by atoms with Crippen molar-refractivity contribution in [1.29, 1.82) is 0 Å². The van der Waals surface area contributed by atoms with Crippen molar-refractivity contribution < 1.29 is 9.52 Å². The minimum Gasteiger partial charge on any atom is -0.507 e. The van der Waals surface area contributed by atoms with Crippen LogP contribution in [0, 0.1) is 0 Å². The molecule has 0 radical (unpaired) electrons. The number of phenols is 1. The van der Waals surface area contributed by atoms with Crippen LogP contribution in [0.15, 0.2) is 33.5 Å². The minimum atomic E-state index is -0.185. The Hall–Kier alpha value is -1.97. The van der Waals surface area contributed by atoms with Gasteiger partial charge in [0.05, 0.1) is 0 Å². The Balaban J connectivity index is 2.12. The van der Waals surface area contributed by atoms with Gasteiger partial charge in [-0.2, -0.15) is 0 Å². The molecule has 1 aromatic heterocycles. The second kappa shape index (κ2) is 4.37. The van der Waals surface area contributed by atoms with Gasteiger partial charge in [-0.1, -0.05) is 6.07 Å². The van der Waals surface area contributed by atoms with Gasteiger partial charge in [-0.25, -0.2) is 0 Å². The SMILES string of the molecule is O=c1cc(N2CCCCC2)oc2cccc(O)c12. The number of aromatic hydroxyl groups is 1. The van der Waals surface area contributed by atoms with Crippen molar-refractivity contribution in [3.8, 4) is 5.75 Å². The minimum absolute atomic E-state index is 0.0218. The summed E-state index contributed by atoms with van der Waals surface area (Å²) in [6.45, 7) is 1.85. The summed E-state index contributed by atoms with van der Waals surface area (Å²) in [5.41, 5.74) is 0.262. The molecule has 1 aliphatic rings. The molecule has 0 bridgehead atoms. The van der Waals surface area contributed by atoms with Crippen molar-refractivity contribution in [1.82, 2.24) is 0 Å². The van der Waals surface area contributed by atoms with Crippen LogP contribution in [0.5, 0.6) is 5.75 Å². The number of phenolic OH excluding ortho intramolecular Hbond substituents is 1. The second-order valence-electron chi connectivity index (χ2n) is 4.65. The first kappa shape index (κ1) is 11.1. The van der Waals surface area contributed by atoms with E-state index in [9.17, 15) is 9.90 Å². The molecule has 3 rings (SSSR count). The molecule has 18 heavy (non-hydrogen) atoms. The Kier molecular flexibility index (Phi) is 2.70. The smallest absolute Gasteiger partial charge is 0.199 e. The van der Waals surface area contributed by atoms with Crippen molar-refractivity contribution in [3.63, 3.8) is 0 Å². The highest BCUT2D eigenvalue weighted by atomic mass is 16.4. The standard InChI is InChI=1S/C14H15NO3/c16-10-5-4-6-12-14(10)11(17)9-13(18-12)15-7-2-1-3-8-15/h4-6,9,16H,1-3,7-8H2. The van der Waals surface area contributed by atoms with E-state index in [-0.39, 0.29) is 16.6 Å². The fourth-order valence-corrected chi connectivity index (χ4v) is 2.45. The average molecular weight is 245 g/mol. The molecule has 1 saturated heterocycles. The summed E-state index contributed by atoms with van der Waals surface area (Å²) in [7, 11) is 0. The number of benzene rings is 1. The van der Waals surface area contributed by atoms with Gasteiger partial charge in [0.25, 0.3) is 0 Å². The monoisotopic (exact) mass is 245 g/mol. The van der Waals surface area contributed by atoms with Gasteiger partial charge in [-0.15, -0.1) is 0 Å². The number of anilines is 1. The number of rotatable bonds is 1. The van der Waals surface area contributed by atoms with Gasteiger partial charge in [0.2, 0.25) is 0 Å². The lowest BCUT2D eigenvalue weighted by atomic mass is 10.1. The molecule has 1 aromatic carbocycles. The number of nitrogens with zero attached hydrogens (tertiary/aromatic N) is 1. The second-order valence-corrected chi connectivity index (χ2v) is 4.65. The topological polar surface area (TPSA) is 53.7 Å². The predicted molar refractivity (Wildman–Crippen MR) is 70.2 cm³/mol. The van der Waals surface area contributed by atoms with E-state index >= 15 is 0 Å². The predicted octanol–water partition coefficient (Wildman–Crippen LogP) is 2.49. The van der Waals surface area contributed by atoms with E-state index in [4.69, 9.17) is 4.42 Å². The third-order valence-electron chi connectivity index (χ3n) is 3.39. The molecule has 1 N–H and O–H groups in total. The molecule has 0 aliphatic carbocycles. The Morgan fingerprint density at radius 2 is 1.94 bits per heavy atom. The van der Waals surface area contributed by atoms with Crippen LogP contribution in [0.25, 0.3) is 11.0 Å². The van der Waals surface area contributed by atoms with Crippen LogP contribution in [-0.2, 0) is 0 Å². The van der Waals surface area contributed by atoms with Gasteiger partial charge < -0.3 is 14.4 Å². The Bertz CT molecular complexity index is 626. The summed E-state index contributed by atoms with van der Waals surface area (Å²) < 4.78 is 5.73. The Morgan fingerprint density at radius 3 is 2.72 bits per heavy atom. The molecule has 4 heteroatoms.